The Morgan fingerprint density at radius 1 is 1.20 bits per heavy atom. The van der Waals surface area contributed by atoms with Crippen LogP contribution in [0.4, 0.5) is 11.6 Å². The number of rotatable bonds is 3. The maximum Gasteiger partial charge on any atom is 0.205 e. The van der Waals surface area contributed by atoms with Gasteiger partial charge in [-0.05, 0) is 42.8 Å². The largest absolute Gasteiger partial charge is 0.495 e. The molecule has 0 saturated heterocycles. The van der Waals surface area contributed by atoms with E-state index in [0.717, 1.165) is 16.7 Å². The molecule has 3 aromatic rings. The molecule has 0 atom stereocenters. The molecule has 3 rings (SSSR count). The highest BCUT2D eigenvalue weighted by Gasteiger charge is 2.07. The van der Waals surface area contributed by atoms with E-state index in [-0.39, 0.29) is 0 Å². The minimum Gasteiger partial charge on any atom is -0.495 e. The Morgan fingerprint density at radius 3 is 2.85 bits per heavy atom. The van der Waals surface area contributed by atoms with Gasteiger partial charge in [0.15, 0.2) is 0 Å². The number of anilines is 2. The van der Waals surface area contributed by atoms with E-state index in [1.807, 2.05) is 25.1 Å². The summed E-state index contributed by atoms with van der Waals surface area (Å²) in [7, 11) is 1.62. The number of hydrogen-bond acceptors (Lipinski definition) is 3. The predicted octanol–water partition coefficient (Wildman–Crippen LogP) is 4.28. The molecule has 0 amide bonds. The molecule has 4 nitrogen and oxygen atoms in total. The van der Waals surface area contributed by atoms with Crippen LogP contribution in [0.2, 0.25) is 5.02 Å². The number of aryl methyl sites for hydroxylation is 1. The number of methoxy groups -OCH3 is 1. The summed E-state index contributed by atoms with van der Waals surface area (Å²) in [5, 5.41) is 3.84. The molecule has 0 bridgehead atoms. The molecule has 20 heavy (non-hydrogen) atoms. The number of hydrogen-bond donors (Lipinski definition) is 2. The number of nitrogens with one attached hydrogen (secondary N) is 2. The van der Waals surface area contributed by atoms with Crippen LogP contribution in [-0.4, -0.2) is 17.1 Å². The molecule has 0 fully saturated rings. The van der Waals surface area contributed by atoms with Gasteiger partial charge in [0.25, 0.3) is 0 Å². The van der Waals surface area contributed by atoms with E-state index in [4.69, 9.17) is 16.3 Å². The van der Waals surface area contributed by atoms with Crippen molar-refractivity contribution in [2.45, 2.75) is 6.92 Å². The fourth-order valence-electron chi connectivity index (χ4n) is 2.09. The minimum absolute atomic E-state index is 0.639. The average molecular weight is 288 g/mol. The quantitative estimate of drug-likeness (QED) is 0.756. The number of aromatic amines is 1. The van der Waals surface area contributed by atoms with Crippen molar-refractivity contribution in [2.24, 2.45) is 0 Å². The number of nitrogens with zero attached hydrogens (tertiary/aromatic N) is 1. The van der Waals surface area contributed by atoms with Crippen LogP contribution in [0.1, 0.15) is 5.56 Å². The number of ether oxygens (including phenoxy) is 1. The Hall–Kier alpha value is -2.20. The van der Waals surface area contributed by atoms with Gasteiger partial charge in [-0.15, -0.1) is 0 Å². The van der Waals surface area contributed by atoms with Gasteiger partial charge in [0, 0.05) is 5.02 Å². The first-order chi connectivity index (χ1) is 9.65. The molecule has 5 heteroatoms. The van der Waals surface area contributed by atoms with Crippen LogP contribution in [0.3, 0.4) is 0 Å². The minimum atomic E-state index is 0.639. The number of H-pyrrole nitrogens is 1. The van der Waals surface area contributed by atoms with Crippen molar-refractivity contribution < 1.29 is 4.74 Å². The van der Waals surface area contributed by atoms with E-state index < -0.39 is 0 Å². The molecule has 0 aliphatic rings. The highest BCUT2D eigenvalue weighted by molar-refractivity contribution is 6.31. The van der Waals surface area contributed by atoms with Gasteiger partial charge in [-0.25, -0.2) is 4.98 Å². The van der Waals surface area contributed by atoms with Crippen LogP contribution in [0.15, 0.2) is 36.4 Å². The Kier molecular flexibility index (Phi) is 3.24. The smallest absolute Gasteiger partial charge is 0.205 e. The highest BCUT2D eigenvalue weighted by atomic mass is 35.5. The van der Waals surface area contributed by atoms with Crippen molar-refractivity contribution in [1.29, 1.82) is 0 Å². The predicted molar refractivity (Wildman–Crippen MR) is 82.1 cm³/mol. The monoisotopic (exact) mass is 287 g/mol. The summed E-state index contributed by atoms with van der Waals surface area (Å²) in [6.07, 6.45) is 0. The third kappa shape index (κ3) is 2.42. The van der Waals surface area contributed by atoms with Gasteiger partial charge in [0.1, 0.15) is 5.75 Å². The van der Waals surface area contributed by atoms with Crippen molar-refractivity contribution in [3.05, 3.63) is 47.0 Å². The van der Waals surface area contributed by atoms with E-state index in [1.165, 1.54) is 5.56 Å². The Labute approximate surface area is 121 Å². The third-order valence-electron chi connectivity index (χ3n) is 3.05. The van der Waals surface area contributed by atoms with Crippen molar-refractivity contribution in [1.82, 2.24) is 9.97 Å². The molecule has 2 N–H and O–H groups in total. The maximum absolute atomic E-state index is 6.01. The number of imidazole rings is 1. The van der Waals surface area contributed by atoms with E-state index >= 15 is 0 Å². The number of benzene rings is 2. The SMILES string of the molecule is COc1ccc(Cl)cc1Nc1nc2ccc(C)cc2[nH]1. The van der Waals surface area contributed by atoms with Crippen LogP contribution in [0.5, 0.6) is 5.75 Å². The summed E-state index contributed by atoms with van der Waals surface area (Å²) in [5.74, 6) is 1.37. The first-order valence-electron chi connectivity index (χ1n) is 6.22. The van der Waals surface area contributed by atoms with E-state index in [9.17, 15) is 0 Å². The van der Waals surface area contributed by atoms with Gasteiger partial charge in [0.2, 0.25) is 5.95 Å². The second-order valence-corrected chi connectivity index (χ2v) is 5.01. The summed E-state index contributed by atoms with van der Waals surface area (Å²) >= 11 is 6.01. The second kappa shape index (κ2) is 5.06. The average Bonchev–Trinajstić information content (AvgIpc) is 2.80. The van der Waals surface area contributed by atoms with Crippen LogP contribution in [0.25, 0.3) is 11.0 Å². The molecule has 102 valence electrons. The van der Waals surface area contributed by atoms with Gasteiger partial charge in [0.05, 0.1) is 23.8 Å². The zero-order valence-electron chi connectivity index (χ0n) is 11.2. The van der Waals surface area contributed by atoms with Gasteiger partial charge < -0.3 is 15.0 Å². The van der Waals surface area contributed by atoms with Crippen molar-refractivity contribution in [3.8, 4) is 5.75 Å². The Bertz CT molecular complexity index is 767. The Morgan fingerprint density at radius 2 is 2.05 bits per heavy atom. The van der Waals surface area contributed by atoms with E-state index in [1.54, 1.807) is 19.2 Å². The number of aromatic nitrogens is 2. The van der Waals surface area contributed by atoms with Crippen molar-refractivity contribution in [2.75, 3.05) is 12.4 Å². The first kappa shape index (κ1) is 12.8. The van der Waals surface area contributed by atoms with Crippen molar-refractivity contribution >= 4 is 34.3 Å². The molecular formula is C15H14ClN3O. The molecular weight excluding hydrogens is 274 g/mol. The van der Waals surface area contributed by atoms with Crippen LogP contribution < -0.4 is 10.1 Å². The molecule has 2 aromatic carbocycles. The lowest BCUT2D eigenvalue weighted by Gasteiger charge is -2.09. The molecule has 1 aromatic heterocycles. The topological polar surface area (TPSA) is 49.9 Å². The lowest BCUT2D eigenvalue weighted by molar-refractivity contribution is 0.417. The molecule has 0 aliphatic heterocycles. The summed E-state index contributed by atoms with van der Waals surface area (Å²) in [6.45, 7) is 2.05. The highest BCUT2D eigenvalue weighted by Crippen LogP contribution is 2.30. The molecule has 0 radical (unpaired) electrons. The lowest BCUT2D eigenvalue weighted by Crippen LogP contribution is -1.95. The molecule has 0 aliphatic carbocycles. The van der Waals surface area contributed by atoms with Gasteiger partial charge in [-0.1, -0.05) is 17.7 Å². The summed E-state index contributed by atoms with van der Waals surface area (Å²) < 4.78 is 5.30. The van der Waals surface area contributed by atoms with Gasteiger partial charge in [-0.3, -0.25) is 0 Å². The Balaban J connectivity index is 1.98. The number of halogens is 1. The van der Waals surface area contributed by atoms with Gasteiger partial charge in [-0.2, -0.15) is 0 Å². The molecule has 0 spiro atoms. The summed E-state index contributed by atoms with van der Waals surface area (Å²) in [5.41, 5.74) is 3.87. The maximum atomic E-state index is 6.01. The second-order valence-electron chi connectivity index (χ2n) is 4.58. The molecule has 0 saturated carbocycles. The number of fused-ring (bicyclic) bond motifs is 1. The molecule has 1 heterocycles. The fraction of sp³-hybridized carbons (Fsp3) is 0.133. The van der Waals surface area contributed by atoms with Crippen LogP contribution in [-0.2, 0) is 0 Å². The van der Waals surface area contributed by atoms with Crippen LogP contribution in [0, 0.1) is 6.92 Å². The fourth-order valence-corrected chi connectivity index (χ4v) is 2.26. The first-order valence-corrected chi connectivity index (χ1v) is 6.60. The van der Waals surface area contributed by atoms with Crippen LogP contribution >= 0.6 is 11.6 Å². The third-order valence-corrected chi connectivity index (χ3v) is 3.29. The zero-order valence-corrected chi connectivity index (χ0v) is 12.0. The summed E-state index contributed by atoms with van der Waals surface area (Å²) in [4.78, 5) is 7.72. The standard InChI is InChI=1S/C15H14ClN3O/c1-9-3-5-11-12(7-9)18-15(17-11)19-13-8-10(16)4-6-14(13)20-2/h3-8H,1-2H3,(H2,17,18,19). The van der Waals surface area contributed by atoms with E-state index in [0.29, 0.717) is 16.7 Å². The van der Waals surface area contributed by atoms with Crippen molar-refractivity contribution in [3.63, 3.8) is 0 Å². The van der Waals surface area contributed by atoms with Gasteiger partial charge >= 0.3 is 0 Å². The van der Waals surface area contributed by atoms with E-state index in [2.05, 4.69) is 21.4 Å². The molecule has 0 unspecified atom stereocenters. The summed E-state index contributed by atoms with van der Waals surface area (Å²) in [6, 6.07) is 11.5. The normalized spacial score (nSPS) is 10.8. The zero-order chi connectivity index (χ0) is 14.1. The lowest BCUT2D eigenvalue weighted by atomic mass is 10.2.